The normalized spacial score (nSPS) is 11.7. The van der Waals surface area contributed by atoms with E-state index in [1.807, 2.05) is 0 Å². The zero-order valence-corrected chi connectivity index (χ0v) is 32.8. The molecule has 12 rings (SSSR count). The molecule has 0 amide bonds. The summed E-state index contributed by atoms with van der Waals surface area (Å²) in [5.41, 5.74) is 16.7. The number of benzene rings is 10. The number of fused-ring (bicyclic) bond motifs is 7. The van der Waals surface area contributed by atoms with E-state index >= 15 is 0 Å². The van der Waals surface area contributed by atoms with Crippen molar-refractivity contribution in [1.82, 2.24) is 9.13 Å². The van der Waals surface area contributed by atoms with Crippen molar-refractivity contribution in [2.45, 2.75) is 0 Å². The predicted octanol–water partition coefficient (Wildman–Crippen LogP) is 15.7. The van der Waals surface area contributed by atoms with Gasteiger partial charge in [0.05, 0.1) is 22.1 Å². The molecule has 280 valence electrons. The van der Waals surface area contributed by atoms with Gasteiger partial charge in [-0.05, 0) is 116 Å². The first-order valence-electron chi connectivity index (χ1n) is 20.7. The second-order valence-corrected chi connectivity index (χ2v) is 15.7. The monoisotopic (exact) mass is 762 g/mol. The quantitative estimate of drug-likeness (QED) is 0.160. The van der Waals surface area contributed by atoms with Crippen molar-refractivity contribution in [1.29, 1.82) is 0 Å². The number of hydrogen-bond acceptors (Lipinski definition) is 0. The second-order valence-electron chi connectivity index (χ2n) is 15.7. The Kier molecular flexibility index (Phi) is 7.89. The Balaban J connectivity index is 1.16. The van der Waals surface area contributed by atoms with Crippen LogP contribution in [0.1, 0.15) is 0 Å². The SMILES string of the molecule is c1ccc(-c2ccc(-n3c4ccc(-c5ccccc5)cc4c4c(-c5cccc6c5c5cc(-c7ccccc7)ccc5n6-c5ccc6ccccc6c5)cccc43)cc2)cc1. The van der Waals surface area contributed by atoms with Crippen LogP contribution in [0.3, 0.4) is 0 Å². The number of hydrogen-bond donors (Lipinski definition) is 0. The van der Waals surface area contributed by atoms with Gasteiger partial charge in [-0.15, -0.1) is 0 Å². The smallest absolute Gasteiger partial charge is 0.0547 e. The molecule has 0 aliphatic heterocycles. The summed E-state index contributed by atoms with van der Waals surface area (Å²) in [6.07, 6.45) is 0. The zero-order chi connectivity index (χ0) is 39.6. The average Bonchev–Trinajstić information content (AvgIpc) is 3.85. The highest BCUT2D eigenvalue weighted by Gasteiger charge is 2.22. The number of rotatable bonds is 6. The van der Waals surface area contributed by atoms with Gasteiger partial charge < -0.3 is 9.13 Å². The van der Waals surface area contributed by atoms with Crippen molar-refractivity contribution < 1.29 is 0 Å². The van der Waals surface area contributed by atoms with E-state index in [4.69, 9.17) is 0 Å². The fourth-order valence-corrected chi connectivity index (χ4v) is 9.52. The molecule has 0 bridgehead atoms. The van der Waals surface area contributed by atoms with Gasteiger partial charge in [0, 0.05) is 32.9 Å². The maximum absolute atomic E-state index is 2.46. The molecule has 10 aromatic carbocycles. The Hall–Kier alpha value is -7.94. The third-order valence-electron chi connectivity index (χ3n) is 12.3. The summed E-state index contributed by atoms with van der Waals surface area (Å²) in [5.74, 6) is 0. The van der Waals surface area contributed by atoms with Gasteiger partial charge in [0.25, 0.3) is 0 Å². The van der Waals surface area contributed by atoms with Gasteiger partial charge in [-0.2, -0.15) is 0 Å². The van der Waals surface area contributed by atoms with E-state index in [1.54, 1.807) is 0 Å². The fraction of sp³-hybridized carbons (Fsp3) is 0. The van der Waals surface area contributed by atoms with Crippen molar-refractivity contribution in [3.8, 4) is 55.9 Å². The standard InChI is InChI=1S/C58H38N2/c1-4-14-39(15-5-1)43-26-31-47(32-27-43)59-53-34-29-45(40-16-6-2-7-17-40)37-51(53)57-49(22-12-24-55(57)59)50-23-13-25-56-58(50)52-38-46(41-18-8-3-9-19-41)30-35-54(52)60(56)48-33-28-42-20-10-11-21-44(42)36-48/h1-38H. The first-order chi connectivity index (χ1) is 29.8. The van der Waals surface area contributed by atoms with Gasteiger partial charge in [0.2, 0.25) is 0 Å². The van der Waals surface area contributed by atoms with E-state index in [2.05, 4.69) is 240 Å². The molecular weight excluding hydrogens is 725 g/mol. The molecule has 0 atom stereocenters. The first-order valence-corrected chi connectivity index (χ1v) is 20.7. The molecule has 0 saturated carbocycles. The molecule has 2 heterocycles. The summed E-state index contributed by atoms with van der Waals surface area (Å²) in [6.45, 7) is 0. The Morgan fingerprint density at radius 3 is 1.18 bits per heavy atom. The lowest BCUT2D eigenvalue weighted by atomic mass is 9.94. The van der Waals surface area contributed by atoms with Crippen molar-refractivity contribution in [2.75, 3.05) is 0 Å². The summed E-state index contributed by atoms with van der Waals surface area (Å²) in [5, 5.41) is 7.42. The third kappa shape index (κ3) is 5.50. The van der Waals surface area contributed by atoms with Gasteiger partial charge in [0.1, 0.15) is 0 Å². The van der Waals surface area contributed by atoms with E-state index < -0.39 is 0 Å². The number of nitrogens with zero attached hydrogens (tertiary/aromatic N) is 2. The van der Waals surface area contributed by atoms with E-state index in [0.29, 0.717) is 0 Å². The largest absolute Gasteiger partial charge is 0.309 e. The molecule has 12 aromatic rings. The topological polar surface area (TPSA) is 9.86 Å². The van der Waals surface area contributed by atoms with Crippen LogP contribution in [0.15, 0.2) is 231 Å². The second kappa shape index (κ2) is 13.9. The van der Waals surface area contributed by atoms with Crippen molar-refractivity contribution in [3.05, 3.63) is 231 Å². The molecule has 2 heteroatoms. The summed E-state index contributed by atoms with van der Waals surface area (Å²) in [4.78, 5) is 0. The highest BCUT2D eigenvalue weighted by Crippen LogP contribution is 2.45. The lowest BCUT2D eigenvalue weighted by molar-refractivity contribution is 1.18. The van der Waals surface area contributed by atoms with Crippen LogP contribution in [-0.4, -0.2) is 9.13 Å². The van der Waals surface area contributed by atoms with Crippen LogP contribution in [0, 0.1) is 0 Å². The van der Waals surface area contributed by atoms with Crippen LogP contribution < -0.4 is 0 Å². The lowest BCUT2D eigenvalue weighted by Gasteiger charge is -2.11. The van der Waals surface area contributed by atoms with E-state index in [9.17, 15) is 0 Å². The van der Waals surface area contributed by atoms with Gasteiger partial charge in [-0.1, -0.05) is 170 Å². The lowest BCUT2D eigenvalue weighted by Crippen LogP contribution is -1.94. The fourth-order valence-electron chi connectivity index (χ4n) is 9.52. The first kappa shape index (κ1) is 34.1. The minimum atomic E-state index is 1.14. The molecule has 0 unspecified atom stereocenters. The molecular formula is C58H38N2. The number of aromatic nitrogens is 2. The highest BCUT2D eigenvalue weighted by atomic mass is 15.0. The van der Waals surface area contributed by atoms with Gasteiger partial charge in [0.15, 0.2) is 0 Å². The summed E-state index contributed by atoms with van der Waals surface area (Å²) in [6, 6.07) is 84.3. The van der Waals surface area contributed by atoms with Crippen LogP contribution in [0.5, 0.6) is 0 Å². The van der Waals surface area contributed by atoms with Gasteiger partial charge in [-0.25, -0.2) is 0 Å². The molecule has 0 spiro atoms. The van der Waals surface area contributed by atoms with Gasteiger partial charge >= 0.3 is 0 Å². The molecule has 0 N–H and O–H groups in total. The zero-order valence-electron chi connectivity index (χ0n) is 32.8. The Labute approximate surface area is 348 Å². The van der Waals surface area contributed by atoms with Gasteiger partial charge in [-0.3, -0.25) is 0 Å². The van der Waals surface area contributed by atoms with Crippen molar-refractivity contribution >= 4 is 54.4 Å². The van der Waals surface area contributed by atoms with Crippen LogP contribution in [0.25, 0.3) is 110 Å². The molecule has 2 aromatic heterocycles. The van der Waals surface area contributed by atoms with E-state index in [1.165, 1.54) is 98.9 Å². The van der Waals surface area contributed by atoms with Crippen LogP contribution in [-0.2, 0) is 0 Å². The van der Waals surface area contributed by atoms with E-state index in [0.717, 1.165) is 11.4 Å². The molecule has 0 fully saturated rings. The van der Waals surface area contributed by atoms with Crippen LogP contribution >= 0.6 is 0 Å². The van der Waals surface area contributed by atoms with Crippen LogP contribution in [0.4, 0.5) is 0 Å². The molecule has 2 nitrogen and oxygen atoms in total. The van der Waals surface area contributed by atoms with E-state index in [-0.39, 0.29) is 0 Å². The minimum absolute atomic E-state index is 1.14. The Morgan fingerprint density at radius 1 is 0.233 bits per heavy atom. The maximum Gasteiger partial charge on any atom is 0.0547 e. The van der Waals surface area contributed by atoms with Crippen LogP contribution in [0.2, 0.25) is 0 Å². The summed E-state index contributed by atoms with van der Waals surface area (Å²) >= 11 is 0. The molecule has 60 heavy (non-hydrogen) atoms. The highest BCUT2D eigenvalue weighted by molar-refractivity contribution is 6.23. The predicted molar refractivity (Wildman–Crippen MR) is 254 cm³/mol. The minimum Gasteiger partial charge on any atom is -0.309 e. The molecule has 0 saturated heterocycles. The molecule has 0 radical (unpaired) electrons. The molecule has 0 aliphatic rings. The Bertz CT molecular complexity index is 3560. The summed E-state index contributed by atoms with van der Waals surface area (Å²) in [7, 11) is 0. The maximum atomic E-state index is 2.46. The Morgan fingerprint density at radius 2 is 0.650 bits per heavy atom. The third-order valence-corrected chi connectivity index (χ3v) is 12.3. The van der Waals surface area contributed by atoms with Crippen molar-refractivity contribution in [2.24, 2.45) is 0 Å². The summed E-state index contributed by atoms with van der Waals surface area (Å²) < 4.78 is 4.91. The molecule has 0 aliphatic carbocycles. The van der Waals surface area contributed by atoms with Crippen molar-refractivity contribution in [3.63, 3.8) is 0 Å². The average molecular weight is 763 g/mol.